The number of hydrogen-bond donors (Lipinski definition) is 2. The van der Waals surface area contributed by atoms with Gasteiger partial charge in [0, 0.05) is 0 Å². The van der Waals surface area contributed by atoms with Crippen molar-refractivity contribution in [1.29, 1.82) is 0 Å². The van der Waals surface area contributed by atoms with Crippen molar-refractivity contribution >= 4 is 7.60 Å². The van der Waals surface area contributed by atoms with E-state index in [1.54, 1.807) is 6.92 Å². The van der Waals surface area contributed by atoms with Gasteiger partial charge in [-0.05, 0) is 6.92 Å². The maximum Gasteiger partial charge on any atom is 0.330 e. The van der Waals surface area contributed by atoms with Crippen LogP contribution < -0.4 is 0 Å². The van der Waals surface area contributed by atoms with Gasteiger partial charge in [-0.25, -0.2) is 0 Å². The molecular formula is C6H15O5P. The lowest BCUT2D eigenvalue weighted by Crippen LogP contribution is -2.06. The minimum Gasteiger partial charge on any atom is -0.394 e. The number of hydrogen-bond acceptors (Lipinski definition) is 4. The second kappa shape index (κ2) is 6.57. The molecule has 0 spiro atoms. The molecule has 0 fully saturated rings. The number of aliphatic hydroxyl groups is 1. The molecule has 5 nitrogen and oxygen atoms in total. The number of rotatable bonds is 7. The Morgan fingerprint density at radius 1 is 1.42 bits per heavy atom. The highest BCUT2D eigenvalue weighted by Crippen LogP contribution is 2.40. The molecular weight excluding hydrogens is 183 g/mol. The summed E-state index contributed by atoms with van der Waals surface area (Å²) in [4.78, 5) is 9.00. The van der Waals surface area contributed by atoms with Gasteiger partial charge in [-0.2, -0.15) is 0 Å². The Balaban J connectivity index is 3.41. The second-order valence-corrected chi connectivity index (χ2v) is 4.10. The van der Waals surface area contributed by atoms with Crippen LogP contribution >= 0.6 is 7.60 Å². The lowest BCUT2D eigenvalue weighted by Gasteiger charge is -2.09. The fraction of sp³-hybridized carbons (Fsp3) is 1.00. The molecule has 12 heavy (non-hydrogen) atoms. The molecule has 0 saturated heterocycles. The molecule has 0 amide bonds. The normalized spacial score (nSPS) is 15.9. The first-order chi connectivity index (χ1) is 5.62. The molecule has 1 atom stereocenters. The molecule has 0 aromatic rings. The third-order valence-electron chi connectivity index (χ3n) is 1.08. The summed E-state index contributed by atoms with van der Waals surface area (Å²) in [5.41, 5.74) is 0. The lowest BCUT2D eigenvalue weighted by atomic mass is 10.7. The van der Waals surface area contributed by atoms with Gasteiger partial charge < -0.3 is 19.3 Å². The molecule has 2 N–H and O–H groups in total. The van der Waals surface area contributed by atoms with Crippen molar-refractivity contribution in [3.63, 3.8) is 0 Å². The van der Waals surface area contributed by atoms with Gasteiger partial charge in [0.15, 0.2) is 0 Å². The van der Waals surface area contributed by atoms with Crippen molar-refractivity contribution in [3.8, 4) is 0 Å². The van der Waals surface area contributed by atoms with Crippen LogP contribution in [0.5, 0.6) is 0 Å². The molecule has 0 aliphatic carbocycles. The van der Waals surface area contributed by atoms with Gasteiger partial charge in [-0.15, -0.1) is 0 Å². The summed E-state index contributed by atoms with van der Waals surface area (Å²) in [7, 11) is -3.44. The Hall–Kier alpha value is 0.0700. The Labute approximate surface area is 71.8 Å². The van der Waals surface area contributed by atoms with Crippen LogP contribution in [0.15, 0.2) is 0 Å². The first-order valence-corrected chi connectivity index (χ1v) is 5.53. The van der Waals surface area contributed by atoms with E-state index < -0.39 is 7.60 Å². The fourth-order valence-electron chi connectivity index (χ4n) is 0.613. The van der Waals surface area contributed by atoms with Crippen LogP contribution in [0, 0.1) is 0 Å². The molecule has 0 bridgehead atoms. The van der Waals surface area contributed by atoms with E-state index in [-0.39, 0.29) is 32.6 Å². The Kier molecular flexibility index (Phi) is 6.61. The fourth-order valence-corrected chi connectivity index (χ4v) is 1.51. The van der Waals surface area contributed by atoms with Gasteiger partial charge in [0.2, 0.25) is 0 Å². The molecule has 0 aromatic heterocycles. The summed E-state index contributed by atoms with van der Waals surface area (Å²) in [6, 6.07) is 0. The minimum atomic E-state index is -3.44. The average molecular weight is 198 g/mol. The summed E-state index contributed by atoms with van der Waals surface area (Å²) < 4.78 is 20.3. The van der Waals surface area contributed by atoms with Gasteiger partial charge in [0.25, 0.3) is 0 Å². The third kappa shape index (κ3) is 6.76. The standard InChI is InChI=1S/C6H15O5P/c1-2-11-12(8,9)6-5-10-4-3-7/h7H,2-6H2,1H3,(H,8,9). The molecule has 0 aromatic carbocycles. The molecule has 6 heteroatoms. The highest BCUT2D eigenvalue weighted by molar-refractivity contribution is 7.52. The van der Waals surface area contributed by atoms with E-state index in [0.29, 0.717) is 0 Å². The van der Waals surface area contributed by atoms with E-state index in [1.807, 2.05) is 0 Å². The van der Waals surface area contributed by atoms with Crippen LogP contribution in [0.3, 0.4) is 0 Å². The minimum absolute atomic E-state index is 0.0269. The van der Waals surface area contributed by atoms with Gasteiger partial charge in [-0.1, -0.05) is 0 Å². The number of aliphatic hydroxyl groups excluding tert-OH is 1. The predicted octanol–water partition coefficient (Wildman–Crippen LogP) is 0.217. The molecule has 0 rings (SSSR count). The van der Waals surface area contributed by atoms with E-state index in [1.165, 1.54) is 0 Å². The van der Waals surface area contributed by atoms with Crippen LogP contribution in [0.4, 0.5) is 0 Å². The van der Waals surface area contributed by atoms with E-state index in [2.05, 4.69) is 4.52 Å². The SMILES string of the molecule is CCOP(=O)(O)CCOCCO. The highest BCUT2D eigenvalue weighted by Gasteiger charge is 2.17. The first kappa shape index (κ1) is 12.1. The van der Waals surface area contributed by atoms with Crippen molar-refractivity contribution < 1.29 is 23.8 Å². The molecule has 0 saturated carbocycles. The third-order valence-corrected chi connectivity index (χ3v) is 2.49. The van der Waals surface area contributed by atoms with Gasteiger partial charge in [-0.3, -0.25) is 4.57 Å². The predicted molar refractivity (Wildman–Crippen MR) is 44.2 cm³/mol. The average Bonchev–Trinajstić information content (AvgIpc) is 1.98. The van der Waals surface area contributed by atoms with Crippen LogP contribution in [0.25, 0.3) is 0 Å². The van der Waals surface area contributed by atoms with Crippen molar-refractivity contribution in [2.45, 2.75) is 6.92 Å². The van der Waals surface area contributed by atoms with Crippen molar-refractivity contribution in [3.05, 3.63) is 0 Å². The van der Waals surface area contributed by atoms with Crippen LogP contribution in [-0.2, 0) is 13.8 Å². The zero-order valence-electron chi connectivity index (χ0n) is 7.10. The highest BCUT2D eigenvalue weighted by atomic mass is 31.2. The summed E-state index contributed by atoms with van der Waals surface area (Å²) in [6.07, 6.45) is -0.0269. The van der Waals surface area contributed by atoms with Crippen LogP contribution in [-0.4, -0.2) is 42.6 Å². The summed E-state index contributed by atoms with van der Waals surface area (Å²) >= 11 is 0. The van der Waals surface area contributed by atoms with Crippen molar-refractivity contribution in [1.82, 2.24) is 0 Å². The largest absolute Gasteiger partial charge is 0.394 e. The summed E-state index contributed by atoms with van der Waals surface area (Å²) in [6.45, 7) is 2.11. The zero-order chi connectivity index (χ0) is 9.45. The molecule has 0 aliphatic rings. The number of ether oxygens (including phenoxy) is 1. The smallest absolute Gasteiger partial charge is 0.330 e. The maximum absolute atomic E-state index is 11.0. The second-order valence-electron chi connectivity index (χ2n) is 2.11. The quantitative estimate of drug-likeness (QED) is 0.452. The Bertz CT molecular complexity index is 149. The van der Waals surface area contributed by atoms with Crippen LogP contribution in [0.1, 0.15) is 6.92 Å². The topological polar surface area (TPSA) is 76.0 Å². The molecule has 0 heterocycles. The van der Waals surface area contributed by atoms with Crippen LogP contribution in [0.2, 0.25) is 0 Å². The van der Waals surface area contributed by atoms with E-state index >= 15 is 0 Å². The Morgan fingerprint density at radius 3 is 2.58 bits per heavy atom. The van der Waals surface area contributed by atoms with Crippen molar-refractivity contribution in [2.24, 2.45) is 0 Å². The molecule has 0 radical (unpaired) electrons. The van der Waals surface area contributed by atoms with Crippen molar-refractivity contribution in [2.75, 3.05) is 32.6 Å². The van der Waals surface area contributed by atoms with Gasteiger partial charge in [0.05, 0.1) is 32.6 Å². The monoisotopic (exact) mass is 198 g/mol. The molecule has 1 unspecified atom stereocenters. The van der Waals surface area contributed by atoms with Gasteiger partial charge >= 0.3 is 7.60 Å². The zero-order valence-corrected chi connectivity index (χ0v) is 8.00. The lowest BCUT2D eigenvalue weighted by molar-refractivity contribution is 0.0995. The molecule has 0 aliphatic heterocycles. The van der Waals surface area contributed by atoms with Gasteiger partial charge in [0.1, 0.15) is 0 Å². The maximum atomic E-state index is 11.0. The summed E-state index contributed by atoms with van der Waals surface area (Å²) in [5.74, 6) is 0. The van der Waals surface area contributed by atoms with E-state index in [9.17, 15) is 4.57 Å². The van der Waals surface area contributed by atoms with E-state index in [4.69, 9.17) is 14.7 Å². The van der Waals surface area contributed by atoms with E-state index in [0.717, 1.165) is 0 Å². The summed E-state index contributed by atoms with van der Waals surface area (Å²) in [5, 5.41) is 8.31. The first-order valence-electron chi connectivity index (χ1n) is 3.77. The Morgan fingerprint density at radius 2 is 2.08 bits per heavy atom. The molecule has 74 valence electrons.